The Morgan fingerprint density at radius 1 is 1.30 bits per heavy atom. The van der Waals surface area contributed by atoms with E-state index in [1.165, 1.54) is 21.0 Å². The van der Waals surface area contributed by atoms with Gasteiger partial charge in [0.1, 0.15) is 12.2 Å². The van der Waals surface area contributed by atoms with Gasteiger partial charge in [0.05, 0.1) is 12.2 Å². The number of nitrogens with zero attached hydrogens (tertiary/aromatic N) is 1. The molecule has 0 aromatic rings. The molecule has 0 aromatic heterocycles. The SMILES string of the molecule is CCCCC[C@@H](/C=C/[C@H]1OC(OC)C[C@@H](OC(C)=O)[C@@H]1CC#N)OC(C)=O. The van der Waals surface area contributed by atoms with E-state index in [2.05, 4.69) is 13.0 Å². The maximum Gasteiger partial charge on any atom is 0.303 e. The lowest BCUT2D eigenvalue weighted by Crippen LogP contribution is -2.45. The van der Waals surface area contributed by atoms with Crippen LogP contribution in [0.15, 0.2) is 12.2 Å². The van der Waals surface area contributed by atoms with Crippen LogP contribution in [0.25, 0.3) is 0 Å². The molecule has 1 aliphatic rings. The zero-order valence-electron chi connectivity index (χ0n) is 16.7. The van der Waals surface area contributed by atoms with E-state index in [-0.39, 0.29) is 24.4 Å². The highest BCUT2D eigenvalue weighted by Crippen LogP contribution is 2.32. The normalized spacial score (nSPS) is 26.3. The topological polar surface area (TPSA) is 94.9 Å². The van der Waals surface area contributed by atoms with Crippen molar-refractivity contribution in [3.8, 4) is 6.07 Å². The first-order valence-corrected chi connectivity index (χ1v) is 9.49. The Morgan fingerprint density at radius 3 is 2.59 bits per heavy atom. The predicted molar refractivity (Wildman–Crippen MR) is 98.4 cm³/mol. The number of hydrogen-bond donors (Lipinski definition) is 0. The highest BCUT2D eigenvalue weighted by molar-refractivity contribution is 5.66. The Kier molecular flexibility index (Phi) is 10.7. The van der Waals surface area contributed by atoms with E-state index in [1.54, 1.807) is 12.2 Å². The average Bonchev–Trinajstić information content (AvgIpc) is 2.60. The van der Waals surface area contributed by atoms with Gasteiger partial charge in [0, 0.05) is 39.7 Å². The van der Waals surface area contributed by atoms with E-state index in [0.29, 0.717) is 6.42 Å². The third-order valence-corrected chi connectivity index (χ3v) is 4.47. The van der Waals surface area contributed by atoms with Crippen LogP contribution in [0.1, 0.15) is 59.3 Å². The van der Waals surface area contributed by atoms with Gasteiger partial charge in [0.25, 0.3) is 0 Å². The molecule has 27 heavy (non-hydrogen) atoms. The van der Waals surface area contributed by atoms with Crippen molar-refractivity contribution in [3.05, 3.63) is 12.2 Å². The number of ether oxygens (including phenoxy) is 4. The Morgan fingerprint density at radius 2 is 2.04 bits per heavy atom. The lowest BCUT2D eigenvalue weighted by molar-refractivity contribution is -0.220. The standard InChI is InChI=1S/C20H31NO6/c1-5-6-7-8-16(25-14(2)22)9-10-18-17(11-12-21)19(26-15(3)23)13-20(24-4)27-18/h9-10,16-20H,5-8,11,13H2,1-4H3/b10-9+/t16-,17+,18+,19+,20?/m0/s1. The highest BCUT2D eigenvalue weighted by atomic mass is 16.7. The summed E-state index contributed by atoms with van der Waals surface area (Å²) in [6, 6.07) is 2.13. The van der Waals surface area contributed by atoms with Gasteiger partial charge in [-0.25, -0.2) is 0 Å². The first-order valence-electron chi connectivity index (χ1n) is 9.49. The Hall–Kier alpha value is -1.91. The van der Waals surface area contributed by atoms with Gasteiger partial charge in [-0.05, 0) is 18.9 Å². The minimum atomic E-state index is -0.536. The first-order chi connectivity index (χ1) is 12.9. The summed E-state index contributed by atoms with van der Waals surface area (Å²) in [7, 11) is 1.52. The quantitative estimate of drug-likeness (QED) is 0.325. The summed E-state index contributed by atoms with van der Waals surface area (Å²) >= 11 is 0. The molecule has 5 atom stereocenters. The molecule has 0 spiro atoms. The van der Waals surface area contributed by atoms with Crippen molar-refractivity contribution in [1.29, 1.82) is 5.26 Å². The molecule has 0 saturated carbocycles. The lowest BCUT2D eigenvalue weighted by atomic mass is 9.87. The second kappa shape index (κ2) is 12.5. The number of hydrogen-bond acceptors (Lipinski definition) is 7. The van der Waals surface area contributed by atoms with Gasteiger partial charge in [-0.1, -0.05) is 25.8 Å². The zero-order chi connectivity index (χ0) is 20.2. The Labute approximate surface area is 161 Å². The van der Waals surface area contributed by atoms with Crippen LogP contribution in [-0.2, 0) is 28.5 Å². The number of esters is 2. The maximum absolute atomic E-state index is 11.4. The summed E-state index contributed by atoms with van der Waals surface area (Å²) in [5.41, 5.74) is 0. The van der Waals surface area contributed by atoms with Crippen molar-refractivity contribution in [3.63, 3.8) is 0 Å². The molecule has 1 rings (SSSR count). The number of methoxy groups -OCH3 is 1. The van der Waals surface area contributed by atoms with Gasteiger partial charge in [0.15, 0.2) is 6.29 Å². The van der Waals surface area contributed by atoms with Crippen LogP contribution in [0.2, 0.25) is 0 Å². The minimum Gasteiger partial charge on any atom is -0.462 e. The van der Waals surface area contributed by atoms with Crippen molar-refractivity contribution in [2.45, 2.75) is 83.9 Å². The van der Waals surface area contributed by atoms with Crippen molar-refractivity contribution < 1.29 is 28.5 Å². The van der Waals surface area contributed by atoms with Crippen LogP contribution in [0.5, 0.6) is 0 Å². The summed E-state index contributed by atoms with van der Waals surface area (Å²) in [5.74, 6) is -1.05. The molecule has 0 amide bonds. The summed E-state index contributed by atoms with van der Waals surface area (Å²) in [6.07, 6.45) is 6.12. The van der Waals surface area contributed by atoms with E-state index < -0.39 is 24.5 Å². The van der Waals surface area contributed by atoms with Crippen LogP contribution < -0.4 is 0 Å². The highest BCUT2D eigenvalue weighted by Gasteiger charge is 2.39. The van der Waals surface area contributed by atoms with Crippen LogP contribution in [0.4, 0.5) is 0 Å². The molecule has 1 unspecified atom stereocenters. The predicted octanol–water partition coefficient (Wildman–Crippen LogP) is 3.28. The van der Waals surface area contributed by atoms with E-state index in [4.69, 9.17) is 18.9 Å². The van der Waals surface area contributed by atoms with Gasteiger partial charge in [-0.15, -0.1) is 0 Å². The molecule has 1 aliphatic heterocycles. The number of carbonyl (C=O) groups excluding carboxylic acids is 2. The van der Waals surface area contributed by atoms with Gasteiger partial charge in [0.2, 0.25) is 0 Å². The lowest BCUT2D eigenvalue weighted by Gasteiger charge is -2.38. The van der Waals surface area contributed by atoms with Gasteiger partial charge in [-0.3, -0.25) is 9.59 Å². The van der Waals surface area contributed by atoms with Crippen molar-refractivity contribution in [2.24, 2.45) is 5.92 Å². The zero-order valence-corrected chi connectivity index (χ0v) is 16.7. The molecule has 7 nitrogen and oxygen atoms in total. The fraction of sp³-hybridized carbons (Fsp3) is 0.750. The molecule has 0 N–H and O–H groups in total. The molecule has 0 radical (unpaired) electrons. The van der Waals surface area contributed by atoms with Crippen LogP contribution in [0.3, 0.4) is 0 Å². The Balaban J connectivity index is 2.93. The van der Waals surface area contributed by atoms with Crippen molar-refractivity contribution in [1.82, 2.24) is 0 Å². The third kappa shape index (κ3) is 8.55. The second-order valence-corrected chi connectivity index (χ2v) is 6.70. The van der Waals surface area contributed by atoms with E-state index in [0.717, 1.165) is 25.7 Å². The molecule has 1 saturated heterocycles. The maximum atomic E-state index is 11.4. The third-order valence-electron chi connectivity index (χ3n) is 4.47. The van der Waals surface area contributed by atoms with Crippen LogP contribution in [0, 0.1) is 17.2 Å². The largest absolute Gasteiger partial charge is 0.462 e. The summed E-state index contributed by atoms with van der Waals surface area (Å²) in [4.78, 5) is 22.8. The second-order valence-electron chi connectivity index (χ2n) is 6.70. The Bertz CT molecular complexity index is 541. The molecule has 0 bridgehead atoms. The van der Waals surface area contributed by atoms with Crippen LogP contribution in [-0.4, -0.2) is 43.7 Å². The number of carbonyl (C=O) groups is 2. The van der Waals surface area contributed by atoms with Gasteiger partial charge in [-0.2, -0.15) is 5.26 Å². The van der Waals surface area contributed by atoms with Gasteiger partial charge < -0.3 is 18.9 Å². The molecule has 0 aliphatic carbocycles. The molecule has 7 heteroatoms. The van der Waals surface area contributed by atoms with Gasteiger partial charge >= 0.3 is 11.9 Å². The molecule has 1 heterocycles. The molecule has 0 aromatic carbocycles. The summed E-state index contributed by atoms with van der Waals surface area (Å²) in [6.45, 7) is 4.84. The molecular weight excluding hydrogens is 350 g/mol. The number of nitriles is 1. The average molecular weight is 381 g/mol. The van der Waals surface area contributed by atoms with Crippen LogP contribution >= 0.6 is 0 Å². The fourth-order valence-corrected chi connectivity index (χ4v) is 3.19. The van der Waals surface area contributed by atoms with E-state index in [1.807, 2.05) is 0 Å². The minimum absolute atomic E-state index is 0.178. The van der Waals surface area contributed by atoms with E-state index >= 15 is 0 Å². The summed E-state index contributed by atoms with van der Waals surface area (Å²) < 4.78 is 22.0. The molecule has 1 fully saturated rings. The number of rotatable bonds is 10. The monoisotopic (exact) mass is 381 g/mol. The van der Waals surface area contributed by atoms with Crippen molar-refractivity contribution >= 4 is 11.9 Å². The summed E-state index contributed by atoms with van der Waals surface area (Å²) in [5, 5.41) is 9.18. The van der Waals surface area contributed by atoms with E-state index in [9.17, 15) is 14.9 Å². The molecular formula is C20H31NO6. The fourth-order valence-electron chi connectivity index (χ4n) is 3.19. The number of unbranched alkanes of at least 4 members (excludes halogenated alkanes) is 2. The molecule has 152 valence electrons. The smallest absolute Gasteiger partial charge is 0.303 e. The van der Waals surface area contributed by atoms with Crippen molar-refractivity contribution in [2.75, 3.05) is 7.11 Å². The first kappa shape index (κ1) is 23.1.